The van der Waals surface area contributed by atoms with Crippen LogP contribution in [0.2, 0.25) is 0 Å². The van der Waals surface area contributed by atoms with Gasteiger partial charge in [0.2, 0.25) is 0 Å². The molecule has 0 aliphatic heterocycles. The van der Waals surface area contributed by atoms with Gasteiger partial charge in [-0.1, -0.05) is 263 Å². The number of rotatable bonds is 12. The van der Waals surface area contributed by atoms with Crippen molar-refractivity contribution in [1.82, 2.24) is 0 Å². The highest BCUT2D eigenvalue weighted by molar-refractivity contribution is 6.29. The van der Waals surface area contributed by atoms with Crippen molar-refractivity contribution in [3.8, 4) is 11.1 Å². The van der Waals surface area contributed by atoms with Crippen molar-refractivity contribution in [3.05, 3.63) is 369 Å². The normalized spacial score (nSPS) is 15.7. The zero-order chi connectivity index (χ0) is 60.5. The fourth-order valence-corrected chi connectivity index (χ4v) is 16.1. The van der Waals surface area contributed by atoms with E-state index < -0.39 is 10.8 Å². The number of benzene rings is 13. The van der Waals surface area contributed by atoms with Crippen molar-refractivity contribution in [2.24, 2.45) is 0 Å². The molecule has 2 heteroatoms. The first-order valence-electron chi connectivity index (χ1n) is 31.8. The lowest BCUT2D eigenvalue weighted by molar-refractivity contribution is 0.735. The number of nitrogens with zero attached hydrogens (tertiary/aromatic N) is 2. The third kappa shape index (κ3) is 8.52. The molecule has 0 aromatic heterocycles. The van der Waals surface area contributed by atoms with Crippen LogP contribution in [0.25, 0.3) is 43.4 Å². The van der Waals surface area contributed by atoms with Crippen LogP contribution < -0.4 is 9.80 Å². The molecule has 0 amide bonds. The van der Waals surface area contributed by atoms with Crippen LogP contribution >= 0.6 is 0 Å². The maximum atomic E-state index is 4.95. The number of fused-ring (bicyclic) bond motifs is 4. The molecule has 15 rings (SSSR count). The highest BCUT2D eigenvalue weighted by Crippen LogP contribution is 2.58. The van der Waals surface area contributed by atoms with E-state index in [1.165, 1.54) is 144 Å². The van der Waals surface area contributed by atoms with Gasteiger partial charge < -0.3 is 9.80 Å². The highest BCUT2D eigenvalue weighted by atomic mass is 15.2. The van der Waals surface area contributed by atoms with Gasteiger partial charge in [0.1, 0.15) is 0 Å². The number of allylic oxidation sites excluding steroid dienone is 5. The topological polar surface area (TPSA) is 6.48 Å². The zero-order valence-electron chi connectivity index (χ0n) is 51.8. The van der Waals surface area contributed by atoms with Gasteiger partial charge in [0.25, 0.3) is 0 Å². The molecule has 0 bridgehead atoms. The molecular formula is C87H72N2. The Morgan fingerprint density at radius 1 is 0.371 bits per heavy atom. The largest absolute Gasteiger partial charge is 0.309 e. The van der Waals surface area contributed by atoms with E-state index in [1.807, 2.05) is 0 Å². The molecule has 2 aliphatic rings. The van der Waals surface area contributed by atoms with Crippen LogP contribution in [0, 0.1) is 27.7 Å². The first kappa shape index (κ1) is 55.3. The van der Waals surface area contributed by atoms with E-state index in [9.17, 15) is 0 Å². The molecule has 0 radical (unpaired) electrons. The Bertz CT molecular complexity index is 4860. The van der Waals surface area contributed by atoms with Crippen LogP contribution in [-0.2, 0) is 30.1 Å². The molecule has 13 aromatic rings. The van der Waals surface area contributed by atoms with Crippen molar-refractivity contribution in [2.75, 3.05) is 9.80 Å². The molecule has 2 aliphatic carbocycles. The Morgan fingerprint density at radius 3 is 1.21 bits per heavy atom. The van der Waals surface area contributed by atoms with E-state index in [0.29, 0.717) is 0 Å². The van der Waals surface area contributed by atoms with E-state index in [4.69, 9.17) is 6.58 Å². The summed E-state index contributed by atoms with van der Waals surface area (Å²) in [6.45, 7) is 18.9. The molecule has 0 saturated carbocycles. The summed E-state index contributed by atoms with van der Waals surface area (Å²) >= 11 is 0. The smallest absolute Gasteiger partial charge is 0.0713 e. The van der Waals surface area contributed by atoms with Gasteiger partial charge in [-0.2, -0.15) is 0 Å². The Morgan fingerprint density at radius 2 is 0.753 bits per heavy atom. The third-order valence-corrected chi connectivity index (χ3v) is 19.7. The van der Waals surface area contributed by atoms with Crippen molar-refractivity contribution < 1.29 is 0 Å². The van der Waals surface area contributed by atoms with Crippen LogP contribution in [0.4, 0.5) is 34.1 Å². The molecule has 13 aromatic carbocycles. The minimum atomic E-state index is -0.658. The van der Waals surface area contributed by atoms with E-state index in [2.05, 4.69) is 330 Å². The first-order valence-corrected chi connectivity index (χ1v) is 31.8. The monoisotopic (exact) mass is 1140 g/mol. The predicted octanol–water partition coefficient (Wildman–Crippen LogP) is 22.8. The molecule has 0 saturated heterocycles. The fourth-order valence-electron chi connectivity index (χ4n) is 16.1. The number of anilines is 6. The lowest BCUT2D eigenvalue weighted by Gasteiger charge is -2.39. The van der Waals surface area contributed by atoms with Gasteiger partial charge in [-0.15, -0.1) is 0 Å². The molecule has 2 nitrogen and oxygen atoms in total. The van der Waals surface area contributed by atoms with E-state index >= 15 is 0 Å². The Hall–Kier alpha value is -10.3. The second-order valence-corrected chi connectivity index (χ2v) is 24.6. The summed E-state index contributed by atoms with van der Waals surface area (Å²) in [7, 11) is 0. The van der Waals surface area contributed by atoms with Crippen molar-refractivity contribution in [1.29, 1.82) is 0 Å². The summed E-state index contributed by atoms with van der Waals surface area (Å²) in [5.74, 6) is 0. The summed E-state index contributed by atoms with van der Waals surface area (Å²) < 4.78 is 0. The van der Waals surface area contributed by atoms with Crippen LogP contribution in [0.15, 0.2) is 291 Å². The minimum absolute atomic E-state index is 0.515. The highest BCUT2D eigenvalue weighted by Gasteiger charge is 2.47. The van der Waals surface area contributed by atoms with Crippen LogP contribution in [-0.4, -0.2) is 0 Å². The average molecular weight is 1150 g/mol. The predicted molar refractivity (Wildman–Crippen MR) is 378 cm³/mol. The summed E-state index contributed by atoms with van der Waals surface area (Å²) in [6, 6.07) is 96.2. The van der Waals surface area contributed by atoms with Gasteiger partial charge in [-0.3, -0.25) is 0 Å². The molecule has 0 spiro atoms. The summed E-state index contributed by atoms with van der Waals surface area (Å²) in [6.07, 6.45) is 11.4. The van der Waals surface area contributed by atoms with E-state index in [-0.39, 0.29) is 0 Å². The molecule has 0 fully saturated rings. The van der Waals surface area contributed by atoms with Crippen LogP contribution in [0.5, 0.6) is 0 Å². The van der Waals surface area contributed by atoms with Crippen molar-refractivity contribution >= 4 is 66.4 Å². The van der Waals surface area contributed by atoms with Crippen LogP contribution in [0.3, 0.4) is 0 Å². The lowest BCUT2D eigenvalue weighted by atomic mass is 9.63. The second-order valence-electron chi connectivity index (χ2n) is 24.6. The van der Waals surface area contributed by atoms with Gasteiger partial charge in [-0.05, 0) is 199 Å². The molecular weight excluding hydrogens is 1070 g/mol. The van der Waals surface area contributed by atoms with E-state index in [1.54, 1.807) is 0 Å². The van der Waals surface area contributed by atoms with Gasteiger partial charge in [0.15, 0.2) is 0 Å². The molecule has 0 heterocycles. The Kier molecular flexibility index (Phi) is 13.8. The zero-order valence-corrected chi connectivity index (χ0v) is 51.8. The molecule has 430 valence electrons. The fraction of sp³-hybridized carbons (Fsp3) is 0.126. The van der Waals surface area contributed by atoms with Gasteiger partial charge >= 0.3 is 0 Å². The van der Waals surface area contributed by atoms with E-state index in [0.717, 1.165) is 36.2 Å². The summed E-state index contributed by atoms with van der Waals surface area (Å²) in [5.41, 5.74) is 27.0. The SMILES string of the molecule is C=C1/C=C\C=C/Cc2ccccc2C1(c1ccccc1)c1cc(C)c(N(c2ccccc2)c2cc(CC)c3ccc4c(N(c5ccccc5)c5c(C)cc(C6(c7ccccc7)c7ccccc7-c7ccccc76)cc5C)cc(CC)c5ccc2c3c54)c(C)c1. The second kappa shape index (κ2) is 22.1. The van der Waals surface area contributed by atoms with Crippen molar-refractivity contribution in [3.63, 3.8) is 0 Å². The van der Waals surface area contributed by atoms with Gasteiger partial charge in [-0.25, -0.2) is 0 Å². The number of hydrogen-bond acceptors (Lipinski definition) is 2. The third-order valence-electron chi connectivity index (χ3n) is 19.7. The maximum absolute atomic E-state index is 4.95. The molecule has 1 atom stereocenters. The summed E-state index contributed by atoms with van der Waals surface area (Å²) in [5, 5.41) is 7.68. The standard InChI is InChI=1S/C87H72N2/c1-8-62-55-80(88(69-38-21-13-22-39-69)84-57(3)51-67(52-58(84)4)86(65-34-17-11-18-35-65)61(7)31-15-10-16-32-64-33-25-28-44-77(64)86)75-49-47-72-63(9-2)56-81(76-50-48-71(62)82(75)83(72)76)89(70-40-23-14-24-41-70)85-59(5)53-68(54-60(85)6)87(66-36-19-12-20-37-66)78-45-29-26-42-73(78)74-43-27-30-46-79(74)87/h10-31,33-56H,7-9,32H2,1-6H3/b16-10-,31-15-. The number of aryl methyl sites for hydroxylation is 6. The Balaban J connectivity index is 0.959. The van der Waals surface area contributed by atoms with Gasteiger partial charge in [0.05, 0.1) is 33.6 Å². The molecule has 1 unspecified atom stereocenters. The lowest BCUT2D eigenvalue weighted by Crippen LogP contribution is -2.32. The Labute approximate surface area is 525 Å². The first-order chi connectivity index (χ1) is 43.7. The molecule has 0 N–H and O–H groups in total. The number of para-hydroxylation sites is 2. The van der Waals surface area contributed by atoms with Crippen LogP contribution in [0.1, 0.15) is 91.7 Å². The minimum Gasteiger partial charge on any atom is -0.309 e. The van der Waals surface area contributed by atoms with Gasteiger partial charge in [0, 0.05) is 22.1 Å². The quantitative estimate of drug-likeness (QED) is 0.113. The number of hydrogen-bond donors (Lipinski definition) is 0. The summed E-state index contributed by atoms with van der Waals surface area (Å²) in [4.78, 5) is 5.15. The maximum Gasteiger partial charge on any atom is 0.0713 e. The molecule has 89 heavy (non-hydrogen) atoms. The van der Waals surface area contributed by atoms with Crippen molar-refractivity contribution in [2.45, 2.75) is 71.6 Å². The average Bonchev–Trinajstić information content (AvgIpc) is 1.69.